The summed E-state index contributed by atoms with van der Waals surface area (Å²) in [5.41, 5.74) is -0.662. The van der Waals surface area contributed by atoms with Crippen LogP contribution in [-0.2, 0) is 0 Å². The third-order valence-electron chi connectivity index (χ3n) is 2.64. The quantitative estimate of drug-likeness (QED) is 0.589. The van der Waals surface area contributed by atoms with Gasteiger partial charge in [-0.3, -0.25) is 0 Å². The van der Waals surface area contributed by atoms with Crippen molar-refractivity contribution in [3.05, 3.63) is 12.7 Å². The van der Waals surface area contributed by atoms with Crippen LogP contribution in [0.3, 0.4) is 0 Å². The van der Waals surface area contributed by atoms with Crippen LogP contribution in [0, 0.1) is 0 Å². The molecule has 0 aromatic heterocycles. The van der Waals surface area contributed by atoms with Crippen molar-refractivity contribution in [2.24, 2.45) is 0 Å². The van der Waals surface area contributed by atoms with E-state index in [1.807, 2.05) is 32.0 Å². The molecule has 0 aliphatic rings. The fraction of sp³-hybridized carbons (Fsp3) is 0.846. The van der Waals surface area contributed by atoms with Crippen molar-refractivity contribution in [1.82, 2.24) is 10.2 Å². The van der Waals surface area contributed by atoms with Crippen molar-refractivity contribution in [3.8, 4) is 0 Å². The van der Waals surface area contributed by atoms with E-state index in [0.717, 1.165) is 19.3 Å². The summed E-state index contributed by atoms with van der Waals surface area (Å²) in [6.07, 6.45) is 5.16. The third-order valence-corrected chi connectivity index (χ3v) is 2.64. The maximum absolute atomic E-state index is 10.1. The molecule has 2 atom stereocenters. The summed E-state index contributed by atoms with van der Waals surface area (Å²) < 4.78 is 0. The molecule has 0 heterocycles. The molecule has 0 aliphatic carbocycles. The number of nitrogens with one attached hydrogen (secondary N) is 1. The molecule has 0 rings (SSSR count). The minimum Gasteiger partial charge on any atom is -0.388 e. The lowest BCUT2D eigenvalue weighted by Gasteiger charge is -2.29. The summed E-state index contributed by atoms with van der Waals surface area (Å²) in [5.74, 6) is 0. The van der Waals surface area contributed by atoms with Crippen LogP contribution in [0.25, 0.3) is 0 Å². The van der Waals surface area contributed by atoms with Gasteiger partial charge in [-0.2, -0.15) is 0 Å². The van der Waals surface area contributed by atoms with Crippen LogP contribution < -0.4 is 5.32 Å². The van der Waals surface area contributed by atoms with Crippen LogP contribution in [0.4, 0.5) is 0 Å². The highest BCUT2D eigenvalue weighted by molar-refractivity contribution is 4.81. The van der Waals surface area contributed by atoms with Crippen molar-refractivity contribution in [2.75, 3.05) is 27.2 Å². The predicted molar refractivity (Wildman–Crippen MR) is 70.7 cm³/mol. The second-order valence-corrected chi connectivity index (χ2v) is 5.09. The Morgan fingerprint density at radius 2 is 2.12 bits per heavy atom. The molecule has 0 aromatic rings. The number of rotatable bonds is 9. The zero-order valence-corrected chi connectivity index (χ0v) is 11.3. The SMILES string of the molecule is C=CCCC(CC)NCC(C)(O)CN(C)C. The zero-order valence-electron chi connectivity index (χ0n) is 11.3. The second-order valence-electron chi connectivity index (χ2n) is 5.09. The maximum atomic E-state index is 10.1. The van der Waals surface area contributed by atoms with Crippen molar-refractivity contribution in [3.63, 3.8) is 0 Å². The van der Waals surface area contributed by atoms with Gasteiger partial charge in [0.1, 0.15) is 0 Å². The van der Waals surface area contributed by atoms with Crippen LogP contribution >= 0.6 is 0 Å². The number of hydrogen-bond acceptors (Lipinski definition) is 3. The Hall–Kier alpha value is -0.380. The van der Waals surface area contributed by atoms with Crippen LogP contribution in [-0.4, -0.2) is 48.8 Å². The molecule has 16 heavy (non-hydrogen) atoms. The Labute approximate surface area is 101 Å². The molecule has 0 aliphatic heterocycles. The smallest absolute Gasteiger partial charge is 0.0869 e. The standard InChI is InChI=1S/C13H28N2O/c1-6-8-9-12(7-2)14-10-13(3,16)11-15(4)5/h6,12,14,16H,1,7-11H2,2-5H3. The highest BCUT2D eigenvalue weighted by Gasteiger charge is 2.21. The van der Waals surface area contributed by atoms with E-state index in [2.05, 4.69) is 18.8 Å². The number of allylic oxidation sites excluding steroid dienone is 1. The van der Waals surface area contributed by atoms with E-state index in [4.69, 9.17) is 0 Å². The zero-order chi connectivity index (χ0) is 12.6. The minimum absolute atomic E-state index is 0.478. The Bertz CT molecular complexity index is 190. The average molecular weight is 228 g/mol. The lowest BCUT2D eigenvalue weighted by molar-refractivity contribution is 0.0310. The number of aliphatic hydroxyl groups is 1. The summed E-state index contributed by atoms with van der Waals surface area (Å²) in [6.45, 7) is 9.09. The third kappa shape index (κ3) is 7.85. The van der Waals surface area contributed by atoms with Gasteiger partial charge in [0.2, 0.25) is 0 Å². The molecular weight excluding hydrogens is 200 g/mol. The largest absolute Gasteiger partial charge is 0.388 e. The van der Waals surface area contributed by atoms with Gasteiger partial charge in [0.05, 0.1) is 5.60 Å². The van der Waals surface area contributed by atoms with Crippen molar-refractivity contribution in [2.45, 2.75) is 44.8 Å². The first-order chi connectivity index (χ1) is 7.41. The topological polar surface area (TPSA) is 35.5 Å². The first-order valence-corrected chi connectivity index (χ1v) is 6.12. The number of likely N-dealkylation sites (N-methyl/N-ethyl adjacent to an activating group) is 1. The first-order valence-electron chi connectivity index (χ1n) is 6.12. The molecule has 3 heteroatoms. The Morgan fingerprint density at radius 3 is 2.56 bits per heavy atom. The lowest BCUT2D eigenvalue weighted by Crippen LogP contribution is -2.48. The Kier molecular flexibility index (Phi) is 7.64. The summed E-state index contributed by atoms with van der Waals surface area (Å²) in [5, 5.41) is 13.6. The molecule has 2 N–H and O–H groups in total. The van der Waals surface area contributed by atoms with Gasteiger partial charge in [0.25, 0.3) is 0 Å². The van der Waals surface area contributed by atoms with Crippen LogP contribution in [0.2, 0.25) is 0 Å². The molecule has 0 amide bonds. The van der Waals surface area contributed by atoms with Crippen molar-refractivity contribution >= 4 is 0 Å². The highest BCUT2D eigenvalue weighted by Crippen LogP contribution is 2.07. The summed E-state index contributed by atoms with van der Waals surface area (Å²) in [4.78, 5) is 2.01. The van der Waals surface area contributed by atoms with Crippen molar-refractivity contribution < 1.29 is 5.11 Å². The molecule has 0 saturated heterocycles. The monoisotopic (exact) mass is 228 g/mol. The Morgan fingerprint density at radius 1 is 1.50 bits per heavy atom. The van der Waals surface area contributed by atoms with Crippen LogP contribution in [0.5, 0.6) is 0 Å². The molecule has 0 fully saturated rings. The summed E-state index contributed by atoms with van der Waals surface area (Å²) >= 11 is 0. The van der Waals surface area contributed by atoms with E-state index < -0.39 is 5.60 Å². The van der Waals surface area contributed by atoms with Gasteiger partial charge in [0.15, 0.2) is 0 Å². The van der Waals surface area contributed by atoms with E-state index in [0.29, 0.717) is 19.1 Å². The number of nitrogens with zero attached hydrogens (tertiary/aromatic N) is 1. The summed E-state index contributed by atoms with van der Waals surface area (Å²) in [6, 6.07) is 0.478. The molecule has 0 bridgehead atoms. The van der Waals surface area contributed by atoms with E-state index in [9.17, 15) is 5.11 Å². The Balaban J connectivity index is 3.93. The summed E-state index contributed by atoms with van der Waals surface area (Å²) in [7, 11) is 3.95. The van der Waals surface area contributed by atoms with E-state index in [1.165, 1.54) is 0 Å². The van der Waals surface area contributed by atoms with Crippen LogP contribution in [0.15, 0.2) is 12.7 Å². The van der Waals surface area contributed by atoms with E-state index in [1.54, 1.807) is 0 Å². The van der Waals surface area contributed by atoms with Gasteiger partial charge in [-0.25, -0.2) is 0 Å². The van der Waals surface area contributed by atoms with E-state index in [-0.39, 0.29) is 0 Å². The minimum atomic E-state index is -0.662. The van der Waals surface area contributed by atoms with Gasteiger partial charge in [-0.15, -0.1) is 6.58 Å². The fourth-order valence-electron chi connectivity index (χ4n) is 1.87. The first kappa shape index (κ1) is 15.6. The molecular formula is C13H28N2O. The molecule has 0 saturated carbocycles. The average Bonchev–Trinajstić information content (AvgIpc) is 2.16. The molecule has 0 aromatic carbocycles. The number of hydrogen-bond donors (Lipinski definition) is 2. The lowest BCUT2D eigenvalue weighted by atomic mass is 10.0. The van der Waals surface area contributed by atoms with Gasteiger partial charge < -0.3 is 15.3 Å². The van der Waals surface area contributed by atoms with Gasteiger partial charge >= 0.3 is 0 Å². The maximum Gasteiger partial charge on any atom is 0.0869 e. The highest BCUT2D eigenvalue weighted by atomic mass is 16.3. The molecule has 0 spiro atoms. The van der Waals surface area contributed by atoms with Gasteiger partial charge in [0, 0.05) is 19.1 Å². The molecule has 3 nitrogen and oxygen atoms in total. The fourth-order valence-corrected chi connectivity index (χ4v) is 1.87. The molecule has 2 unspecified atom stereocenters. The normalized spacial score (nSPS) is 17.1. The van der Waals surface area contributed by atoms with Crippen LogP contribution in [0.1, 0.15) is 33.1 Å². The van der Waals surface area contributed by atoms with Gasteiger partial charge in [-0.1, -0.05) is 13.0 Å². The molecule has 96 valence electrons. The predicted octanol–water partition coefficient (Wildman–Crippen LogP) is 1.63. The van der Waals surface area contributed by atoms with Gasteiger partial charge in [-0.05, 0) is 40.3 Å². The second kappa shape index (κ2) is 7.82. The van der Waals surface area contributed by atoms with E-state index >= 15 is 0 Å². The van der Waals surface area contributed by atoms with Crippen molar-refractivity contribution in [1.29, 1.82) is 0 Å². The molecule has 0 radical (unpaired) electrons.